The minimum atomic E-state index is -1.27. The van der Waals surface area contributed by atoms with Crippen LogP contribution in [0, 0.1) is 0 Å². The van der Waals surface area contributed by atoms with E-state index in [4.69, 9.17) is 24.1 Å². The number of aliphatic hydroxyl groups is 2. The highest BCUT2D eigenvalue weighted by molar-refractivity contribution is 5.80. The molecule has 22 heavy (non-hydrogen) atoms. The van der Waals surface area contributed by atoms with Gasteiger partial charge in [-0.25, -0.2) is 0 Å². The van der Waals surface area contributed by atoms with Gasteiger partial charge in [-0.05, 0) is 20.8 Å². The molecule has 2 heterocycles. The van der Waals surface area contributed by atoms with E-state index >= 15 is 0 Å². The van der Waals surface area contributed by atoms with Gasteiger partial charge in [0.1, 0.15) is 18.3 Å². The van der Waals surface area contributed by atoms with Crippen LogP contribution in [-0.4, -0.2) is 72.4 Å². The number of ether oxygens (including phenoxy) is 4. The van der Waals surface area contributed by atoms with E-state index in [-0.39, 0.29) is 19.1 Å². The van der Waals surface area contributed by atoms with Crippen molar-refractivity contribution >= 4 is 5.91 Å². The van der Waals surface area contributed by atoms with E-state index in [9.17, 15) is 9.90 Å². The highest BCUT2D eigenvalue weighted by Gasteiger charge is 2.55. The molecule has 6 atom stereocenters. The number of hydrogen-bond acceptors (Lipinski definition) is 7. The maximum absolute atomic E-state index is 12.0. The molecule has 0 aromatic carbocycles. The lowest BCUT2D eigenvalue weighted by atomic mass is 9.96. The average molecular weight is 319 g/mol. The van der Waals surface area contributed by atoms with E-state index < -0.39 is 42.3 Å². The lowest BCUT2D eigenvalue weighted by molar-refractivity contribution is -0.244. The molecule has 0 bridgehead atoms. The normalized spacial score (nSPS) is 38.4. The van der Waals surface area contributed by atoms with Gasteiger partial charge in [-0.2, -0.15) is 0 Å². The molecule has 3 N–H and O–H groups in total. The molecule has 2 aliphatic rings. The molecular weight excluding hydrogens is 294 g/mol. The van der Waals surface area contributed by atoms with Crippen molar-refractivity contribution in [3.8, 4) is 0 Å². The molecule has 2 saturated heterocycles. The van der Waals surface area contributed by atoms with Crippen LogP contribution in [0.3, 0.4) is 0 Å². The van der Waals surface area contributed by atoms with Gasteiger partial charge in [0.05, 0.1) is 12.1 Å². The summed E-state index contributed by atoms with van der Waals surface area (Å²) in [7, 11) is 1.52. The van der Waals surface area contributed by atoms with E-state index in [0.717, 1.165) is 0 Å². The largest absolute Gasteiger partial charge is 0.396 e. The number of rotatable bonds is 5. The van der Waals surface area contributed by atoms with E-state index in [1.54, 1.807) is 20.8 Å². The third kappa shape index (κ3) is 3.58. The number of carbonyl (C=O) groups is 1. The zero-order valence-corrected chi connectivity index (χ0v) is 13.3. The maximum Gasteiger partial charge on any atom is 0.249 e. The van der Waals surface area contributed by atoms with Gasteiger partial charge in [-0.15, -0.1) is 0 Å². The van der Waals surface area contributed by atoms with Crippen LogP contribution in [0.15, 0.2) is 0 Å². The Balaban J connectivity index is 2.11. The summed E-state index contributed by atoms with van der Waals surface area (Å²) in [5.74, 6) is -1.39. The van der Waals surface area contributed by atoms with E-state index in [1.807, 2.05) is 0 Å². The Morgan fingerprint density at radius 3 is 2.59 bits per heavy atom. The molecule has 0 spiro atoms. The van der Waals surface area contributed by atoms with Crippen LogP contribution in [0.5, 0.6) is 0 Å². The fraction of sp³-hybridized carbons (Fsp3) is 0.929. The summed E-state index contributed by atoms with van der Waals surface area (Å²) in [6.45, 7) is 5.08. The van der Waals surface area contributed by atoms with Crippen LogP contribution in [0.25, 0.3) is 0 Å². The summed E-state index contributed by atoms with van der Waals surface area (Å²) in [4.78, 5) is 12.0. The monoisotopic (exact) mass is 319 g/mol. The van der Waals surface area contributed by atoms with Crippen LogP contribution < -0.4 is 5.32 Å². The lowest BCUT2D eigenvalue weighted by Crippen LogP contribution is -2.63. The molecule has 8 heteroatoms. The number of carbonyl (C=O) groups excluding carboxylic acids is 1. The minimum absolute atomic E-state index is 0.0224. The maximum atomic E-state index is 12.0. The first kappa shape index (κ1) is 17.6. The first-order valence-corrected chi connectivity index (χ1v) is 7.42. The Morgan fingerprint density at radius 1 is 1.36 bits per heavy atom. The Hall–Kier alpha value is -0.770. The number of methoxy groups -OCH3 is 1. The summed E-state index contributed by atoms with van der Waals surface area (Å²) >= 11 is 0. The van der Waals surface area contributed by atoms with Gasteiger partial charge < -0.3 is 34.5 Å². The third-order valence-electron chi connectivity index (χ3n) is 3.89. The number of hydrogen-bond donors (Lipinski definition) is 3. The standard InChI is InChI=1S/C14H25NO7/c1-7-9(15-12(18)8(17)5-6-16)10-11(13(19-4)20-7)22-14(2,3)21-10/h7-11,13,16-17H,5-6H2,1-4H3,(H,15,18)/t7-,8+,9-,10+,11+,13+/m1/s1. The van der Waals surface area contributed by atoms with Gasteiger partial charge in [0.25, 0.3) is 0 Å². The van der Waals surface area contributed by atoms with Crippen molar-refractivity contribution in [1.29, 1.82) is 0 Å². The molecule has 1 amide bonds. The van der Waals surface area contributed by atoms with Crippen molar-refractivity contribution in [2.75, 3.05) is 13.7 Å². The predicted molar refractivity (Wildman–Crippen MR) is 74.8 cm³/mol. The number of aliphatic hydroxyl groups excluding tert-OH is 2. The molecule has 2 fully saturated rings. The molecule has 0 radical (unpaired) electrons. The van der Waals surface area contributed by atoms with Crippen molar-refractivity contribution in [1.82, 2.24) is 5.32 Å². The van der Waals surface area contributed by atoms with Crippen molar-refractivity contribution < 1.29 is 34.0 Å². The molecule has 0 aromatic rings. The predicted octanol–water partition coefficient (Wildman–Crippen LogP) is -0.874. The first-order valence-electron chi connectivity index (χ1n) is 7.42. The quantitative estimate of drug-likeness (QED) is 0.604. The molecule has 0 unspecified atom stereocenters. The van der Waals surface area contributed by atoms with E-state index in [0.29, 0.717) is 0 Å². The summed E-state index contributed by atoms with van der Waals surface area (Å²) in [6, 6.07) is -0.487. The summed E-state index contributed by atoms with van der Waals surface area (Å²) in [5, 5.41) is 21.2. The number of amides is 1. The van der Waals surface area contributed by atoms with Gasteiger partial charge in [0.2, 0.25) is 5.91 Å². The Bertz CT molecular complexity index is 403. The fourth-order valence-corrected chi connectivity index (χ4v) is 2.85. The van der Waals surface area contributed by atoms with Gasteiger partial charge in [0, 0.05) is 20.1 Å². The van der Waals surface area contributed by atoms with Crippen LogP contribution in [0.2, 0.25) is 0 Å². The zero-order valence-electron chi connectivity index (χ0n) is 13.3. The Kier molecular flexibility index (Phi) is 5.41. The first-order chi connectivity index (χ1) is 10.3. The van der Waals surface area contributed by atoms with E-state index in [2.05, 4.69) is 5.32 Å². The molecule has 128 valence electrons. The van der Waals surface area contributed by atoms with Crippen LogP contribution in [0.4, 0.5) is 0 Å². The van der Waals surface area contributed by atoms with Gasteiger partial charge in [-0.3, -0.25) is 4.79 Å². The average Bonchev–Trinajstić information content (AvgIpc) is 2.77. The van der Waals surface area contributed by atoms with Crippen molar-refractivity contribution in [2.45, 2.75) is 69.7 Å². The molecular formula is C14H25NO7. The number of fused-ring (bicyclic) bond motifs is 1. The van der Waals surface area contributed by atoms with Crippen LogP contribution >= 0.6 is 0 Å². The molecule has 0 aromatic heterocycles. The second kappa shape index (κ2) is 6.77. The van der Waals surface area contributed by atoms with Crippen molar-refractivity contribution in [3.05, 3.63) is 0 Å². The van der Waals surface area contributed by atoms with Crippen LogP contribution in [0.1, 0.15) is 27.2 Å². The Labute approximate surface area is 129 Å². The highest BCUT2D eigenvalue weighted by atomic mass is 16.8. The molecule has 2 rings (SSSR count). The summed E-state index contributed by atoms with van der Waals surface area (Å²) < 4.78 is 22.7. The fourth-order valence-electron chi connectivity index (χ4n) is 2.85. The summed E-state index contributed by atoms with van der Waals surface area (Å²) in [6.07, 6.45) is -3.19. The Morgan fingerprint density at radius 2 is 2.00 bits per heavy atom. The smallest absolute Gasteiger partial charge is 0.249 e. The van der Waals surface area contributed by atoms with Crippen molar-refractivity contribution in [2.24, 2.45) is 0 Å². The van der Waals surface area contributed by atoms with Gasteiger partial charge >= 0.3 is 0 Å². The van der Waals surface area contributed by atoms with Gasteiger partial charge in [0.15, 0.2) is 12.1 Å². The molecule has 8 nitrogen and oxygen atoms in total. The lowest BCUT2D eigenvalue weighted by Gasteiger charge is -2.40. The third-order valence-corrected chi connectivity index (χ3v) is 3.89. The van der Waals surface area contributed by atoms with Crippen molar-refractivity contribution in [3.63, 3.8) is 0 Å². The number of nitrogens with one attached hydrogen (secondary N) is 1. The highest BCUT2D eigenvalue weighted by Crippen LogP contribution is 2.37. The minimum Gasteiger partial charge on any atom is -0.396 e. The van der Waals surface area contributed by atoms with Crippen LogP contribution in [-0.2, 0) is 23.7 Å². The molecule has 0 aliphatic carbocycles. The zero-order chi connectivity index (χ0) is 16.5. The molecule has 0 saturated carbocycles. The second-order valence-corrected chi connectivity index (χ2v) is 6.07. The second-order valence-electron chi connectivity index (χ2n) is 6.07. The topological polar surface area (TPSA) is 106 Å². The SMILES string of the molecule is CO[C@H]1O[C@H](C)[C@@H](NC(=O)[C@@H](O)CCO)[C@@H]2OC(C)(C)O[C@H]12. The van der Waals surface area contributed by atoms with E-state index in [1.165, 1.54) is 7.11 Å². The summed E-state index contributed by atoms with van der Waals surface area (Å²) in [5.41, 5.74) is 0. The van der Waals surface area contributed by atoms with Gasteiger partial charge in [-0.1, -0.05) is 0 Å². The molecule has 2 aliphatic heterocycles.